The van der Waals surface area contributed by atoms with Crippen LogP contribution in [0.1, 0.15) is 23.5 Å². The van der Waals surface area contributed by atoms with E-state index in [1.54, 1.807) is 0 Å². The molecule has 2 N–H and O–H groups in total. The first kappa shape index (κ1) is 39.2. The van der Waals surface area contributed by atoms with Gasteiger partial charge >= 0.3 is 0 Å². The molecular formula is C63H44N6. The highest BCUT2D eigenvalue weighted by Gasteiger charge is 2.30. The van der Waals surface area contributed by atoms with E-state index >= 15 is 0 Å². The Kier molecular flexibility index (Phi) is 9.00. The monoisotopic (exact) mass is 884 g/mol. The van der Waals surface area contributed by atoms with Gasteiger partial charge in [0.05, 0.1) is 38.8 Å². The largest absolute Gasteiger partial charge is 0.336 e. The molecule has 10 aromatic carbocycles. The number of hydrogen-bond donors (Lipinski definition) is 2. The Morgan fingerprint density at radius 2 is 0.855 bits per heavy atom. The van der Waals surface area contributed by atoms with Crippen LogP contribution < -0.4 is 10.6 Å². The number of hydrogen-bond acceptors (Lipinski definition) is 3. The molecule has 69 heavy (non-hydrogen) atoms. The lowest BCUT2D eigenvalue weighted by molar-refractivity contribution is 0.403. The molecule has 0 radical (unpaired) electrons. The molecule has 4 heterocycles. The first-order chi connectivity index (χ1) is 34.3. The minimum Gasteiger partial charge on any atom is -0.336 e. The molecule has 13 aromatic rings. The van der Waals surface area contributed by atoms with E-state index in [9.17, 15) is 0 Å². The van der Waals surface area contributed by atoms with Crippen LogP contribution in [0.25, 0.3) is 99.0 Å². The van der Waals surface area contributed by atoms with Gasteiger partial charge in [0.25, 0.3) is 0 Å². The topological polar surface area (TPSA) is 51.2 Å². The van der Waals surface area contributed by atoms with Crippen LogP contribution in [0, 0.1) is 0 Å². The van der Waals surface area contributed by atoms with Crippen LogP contribution in [-0.4, -0.2) is 19.7 Å². The van der Waals surface area contributed by atoms with E-state index in [2.05, 4.69) is 267 Å². The van der Waals surface area contributed by atoms with E-state index in [-0.39, 0.29) is 12.3 Å². The second-order valence-corrected chi connectivity index (χ2v) is 18.0. The summed E-state index contributed by atoms with van der Waals surface area (Å²) < 4.78 is 7.35. The number of aromatic nitrogens is 3. The molecule has 1 aliphatic heterocycles. The fourth-order valence-electron chi connectivity index (χ4n) is 11.1. The van der Waals surface area contributed by atoms with Crippen LogP contribution in [0.5, 0.6) is 0 Å². The lowest BCUT2D eigenvalue weighted by atomic mass is 9.97. The van der Waals surface area contributed by atoms with E-state index in [0.717, 1.165) is 67.0 Å². The molecule has 0 amide bonds. The highest BCUT2D eigenvalue weighted by molar-refractivity contribution is 6.27. The van der Waals surface area contributed by atoms with Gasteiger partial charge in [-0.1, -0.05) is 200 Å². The minimum atomic E-state index is -0.341. The summed E-state index contributed by atoms with van der Waals surface area (Å²) in [6, 6.07) is 87.6. The minimum absolute atomic E-state index is 0.229. The van der Waals surface area contributed by atoms with Gasteiger partial charge in [0.15, 0.2) is 0 Å². The van der Waals surface area contributed by atoms with Gasteiger partial charge in [-0.2, -0.15) is 0 Å². The average molecular weight is 885 g/mol. The Balaban J connectivity index is 1.08. The predicted molar refractivity (Wildman–Crippen MR) is 286 cm³/mol. The molecule has 2 atom stereocenters. The van der Waals surface area contributed by atoms with Crippen molar-refractivity contribution in [3.8, 4) is 33.6 Å². The average Bonchev–Trinajstić information content (AvgIpc) is 4.07. The number of nitrogens with one attached hydrogen (secondary N) is 2. The fraction of sp³-hybridized carbons (Fsp3) is 0.0317. The Morgan fingerprint density at radius 3 is 1.51 bits per heavy atom. The molecule has 0 saturated heterocycles. The second-order valence-electron chi connectivity index (χ2n) is 18.0. The van der Waals surface area contributed by atoms with Crippen LogP contribution in [0.2, 0.25) is 0 Å². The summed E-state index contributed by atoms with van der Waals surface area (Å²) >= 11 is 0. The van der Waals surface area contributed by atoms with Gasteiger partial charge in [-0.3, -0.25) is 9.88 Å². The zero-order valence-corrected chi connectivity index (χ0v) is 37.5. The van der Waals surface area contributed by atoms with Crippen LogP contribution >= 0.6 is 0 Å². The van der Waals surface area contributed by atoms with E-state index in [1.807, 2.05) is 0 Å². The van der Waals surface area contributed by atoms with Gasteiger partial charge in [-0.25, -0.2) is 4.99 Å². The number of aliphatic imine (C=N–C) groups is 1. The van der Waals surface area contributed by atoms with Crippen molar-refractivity contribution in [2.45, 2.75) is 12.3 Å². The second kappa shape index (κ2) is 15.8. The molecule has 1 aliphatic rings. The molecular weight excluding hydrogens is 841 g/mol. The van der Waals surface area contributed by atoms with Gasteiger partial charge in [0.1, 0.15) is 12.3 Å². The number of para-hydroxylation sites is 4. The highest BCUT2D eigenvalue weighted by atomic mass is 15.4. The van der Waals surface area contributed by atoms with Gasteiger partial charge in [0, 0.05) is 43.6 Å². The first-order valence-electron chi connectivity index (χ1n) is 23.7. The van der Waals surface area contributed by atoms with Crippen molar-refractivity contribution >= 4 is 71.4 Å². The summed E-state index contributed by atoms with van der Waals surface area (Å²) in [5.74, 6) is 0.778. The summed E-state index contributed by atoms with van der Waals surface area (Å²) in [6.45, 7) is 0. The van der Waals surface area contributed by atoms with Crippen molar-refractivity contribution in [2.75, 3.05) is 0 Å². The number of nitrogens with zero attached hydrogens (tertiary/aromatic N) is 4. The summed E-state index contributed by atoms with van der Waals surface area (Å²) in [6.07, 6.45) is -0.570. The zero-order chi connectivity index (χ0) is 45.4. The van der Waals surface area contributed by atoms with E-state index < -0.39 is 0 Å². The SMILES string of the molecule is c1ccc(-c2ccc(C3N=C(n4c5ccccc5c5ccc6c7ccccc7n(-c7ccc8c(c7-c7ccccc7)c7ccccc7n8-c7ccccc7)c6c54)NC(c4ccccc4)N3)cc2)cc1. The standard InChI is InChI=1S/C63H44N6/c1-5-19-41(20-6-1)42-33-35-45(36-34-42)62-64-61(44-23-9-3-10-24-44)65-63(66-62)69-53-31-17-14-28-48(53)50-38-37-49-47-27-13-16-30-52(47)68(59(49)60(50)69)55-39-40-56-58(57(55)43-21-7-2-8-22-43)51-29-15-18-32-54(51)67(56)46-25-11-4-12-26-46/h1-40,61-62,64H,(H,65,66). The molecule has 14 rings (SSSR count). The molecule has 0 fully saturated rings. The van der Waals surface area contributed by atoms with Crippen LogP contribution in [-0.2, 0) is 0 Å². The molecule has 6 nitrogen and oxygen atoms in total. The lowest BCUT2D eigenvalue weighted by Gasteiger charge is -2.32. The molecule has 0 saturated carbocycles. The van der Waals surface area contributed by atoms with Crippen LogP contribution in [0.4, 0.5) is 0 Å². The smallest absolute Gasteiger partial charge is 0.206 e. The van der Waals surface area contributed by atoms with Gasteiger partial charge in [-0.15, -0.1) is 0 Å². The van der Waals surface area contributed by atoms with Crippen LogP contribution in [0.15, 0.2) is 248 Å². The molecule has 2 unspecified atom stereocenters. The molecule has 0 spiro atoms. The summed E-state index contributed by atoms with van der Waals surface area (Å²) in [7, 11) is 0. The maximum absolute atomic E-state index is 5.65. The summed E-state index contributed by atoms with van der Waals surface area (Å²) in [5.41, 5.74) is 15.9. The molecule has 326 valence electrons. The maximum atomic E-state index is 5.65. The maximum Gasteiger partial charge on any atom is 0.206 e. The fourth-order valence-corrected chi connectivity index (χ4v) is 11.1. The van der Waals surface area contributed by atoms with E-state index in [1.165, 1.54) is 49.1 Å². The zero-order valence-electron chi connectivity index (χ0n) is 37.5. The summed E-state index contributed by atoms with van der Waals surface area (Å²) in [5, 5.41) is 14.9. The third kappa shape index (κ3) is 6.20. The molecule has 0 aliphatic carbocycles. The number of fused-ring (bicyclic) bond motifs is 10. The third-order valence-electron chi connectivity index (χ3n) is 14.1. The van der Waals surface area contributed by atoms with Crippen molar-refractivity contribution in [3.63, 3.8) is 0 Å². The highest BCUT2D eigenvalue weighted by Crippen LogP contribution is 2.46. The van der Waals surface area contributed by atoms with Crippen molar-refractivity contribution in [3.05, 3.63) is 254 Å². The van der Waals surface area contributed by atoms with Gasteiger partial charge in [-0.05, 0) is 70.3 Å². The third-order valence-corrected chi connectivity index (χ3v) is 14.1. The molecule has 0 bridgehead atoms. The van der Waals surface area contributed by atoms with Crippen molar-refractivity contribution in [2.24, 2.45) is 4.99 Å². The van der Waals surface area contributed by atoms with Gasteiger partial charge < -0.3 is 14.5 Å². The first-order valence-corrected chi connectivity index (χ1v) is 23.7. The molecule has 3 aromatic heterocycles. The Labute approximate surface area is 398 Å². The van der Waals surface area contributed by atoms with Crippen molar-refractivity contribution in [1.29, 1.82) is 0 Å². The van der Waals surface area contributed by atoms with E-state index in [0.29, 0.717) is 0 Å². The quantitative estimate of drug-likeness (QED) is 0.175. The van der Waals surface area contributed by atoms with Gasteiger partial charge in [0.2, 0.25) is 5.96 Å². The number of benzene rings is 10. The van der Waals surface area contributed by atoms with Crippen molar-refractivity contribution in [1.82, 2.24) is 24.3 Å². The van der Waals surface area contributed by atoms with Crippen LogP contribution in [0.3, 0.4) is 0 Å². The lowest BCUT2D eigenvalue weighted by Crippen LogP contribution is -2.47. The Hall–Kier alpha value is -8.97. The Bertz CT molecular complexity index is 4110. The normalized spacial score (nSPS) is 15.1. The Morgan fingerprint density at radius 1 is 0.348 bits per heavy atom. The molecule has 6 heteroatoms. The predicted octanol–water partition coefficient (Wildman–Crippen LogP) is 15.1. The van der Waals surface area contributed by atoms with Crippen molar-refractivity contribution < 1.29 is 0 Å². The number of rotatable bonds is 6. The van der Waals surface area contributed by atoms with E-state index in [4.69, 9.17) is 4.99 Å². The summed E-state index contributed by atoms with van der Waals surface area (Å²) in [4.78, 5) is 5.65.